The Balaban J connectivity index is 1.85. The highest BCUT2D eigenvalue weighted by atomic mass is 16.3. The Kier molecular flexibility index (Phi) is 5.86. The third-order valence-corrected chi connectivity index (χ3v) is 5.22. The van der Waals surface area contributed by atoms with Crippen molar-refractivity contribution in [3.63, 3.8) is 0 Å². The fourth-order valence-corrected chi connectivity index (χ4v) is 3.44. The highest BCUT2D eigenvalue weighted by molar-refractivity contribution is 5.28. The molecule has 0 bridgehead atoms. The number of aromatic nitrogens is 3. The molecule has 9 nitrogen and oxygen atoms in total. The third-order valence-electron chi connectivity index (χ3n) is 5.22. The summed E-state index contributed by atoms with van der Waals surface area (Å²) in [6.07, 6.45) is 0. The monoisotopic (exact) mass is 447 g/mol. The standard InChI is InChI=1S/C24H21N3O6/c28-19-7-1-16(2-8-19)13-25-22(31)26(14-17-3-9-20(29)10-4-17)24(33)27(23(25)32)15-18-5-11-21(30)12-6-18/h1-12,28-30H,13-15H2. The number of rotatable bonds is 6. The van der Waals surface area contributed by atoms with E-state index in [0.29, 0.717) is 16.7 Å². The molecule has 1 aromatic heterocycles. The molecular formula is C24H21N3O6. The third kappa shape index (κ3) is 4.72. The molecule has 0 radical (unpaired) electrons. The largest absolute Gasteiger partial charge is 0.508 e. The van der Waals surface area contributed by atoms with Gasteiger partial charge in [0.15, 0.2) is 0 Å². The molecular weight excluding hydrogens is 426 g/mol. The SMILES string of the molecule is O=c1n(Cc2ccc(O)cc2)c(=O)n(Cc2ccc(O)cc2)c(=O)n1Cc1ccc(O)cc1. The van der Waals surface area contributed by atoms with E-state index in [0.717, 1.165) is 13.7 Å². The Morgan fingerprint density at radius 1 is 0.424 bits per heavy atom. The van der Waals surface area contributed by atoms with Gasteiger partial charge in [0.05, 0.1) is 19.6 Å². The molecule has 168 valence electrons. The number of phenols is 3. The van der Waals surface area contributed by atoms with Crippen molar-refractivity contribution in [2.45, 2.75) is 19.6 Å². The van der Waals surface area contributed by atoms with Gasteiger partial charge in [-0.25, -0.2) is 28.1 Å². The van der Waals surface area contributed by atoms with Gasteiger partial charge in [-0.05, 0) is 53.1 Å². The maximum atomic E-state index is 13.2. The Hall–Kier alpha value is -4.53. The fourth-order valence-electron chi connectivity index (χ4n) is 3.44. The molecule has 33 heavy (non-hydrogen) atoms. The fraction of sp³-hybridized carbons (Fsp3) is 0.125. The first kappa shape index (κ1) is 21.7. The van der Waals surface area contributed by atoms with Crippen LogP contribution in [-0.4, -0.2) is 29.0 Å². The van der Waals surface area contributed by atoms with Crippen molar-refractivity contribution in [1.82, 2.24) is 13.7 Å². The lowest BCUT2D eigenvalue weighted by atomic mass is 10.2. The summed E-state index contributed by atoms with van der Waals surface area (Å²) in [6.45, 7) is -0.282. The van der Waals surface area contributed by atoms with E-state index in [2.05, 4.69) is 0 Å². The summed E-state index contributed by atoms with van der Waals surface area (Å²) in [5, 5.41) is 28.5. The van der Waals surface area contributed by atoms with Crippen molar-refractivity contribution < 1.29 is 15.3 Å². The van der Waals surface area contributed by atoms with Crippen LogP contribution in [0.2, 0.25) is 0 Å². The maximum Gasteiger partial charge on any atom is 0.336 e. The lowest BCUT2D eigenvalue weighted by molar-refractivity contribution is 0.473. The number of nitrogens with zero attached hydrogens (tertiary/aromatic N) is 3. The van der Waals surface area contributed by atoms with E-state index < -0.39 is 17.1 Å². The zero-order valence-electron chi connectivity index (χ0n) is 17.5. The normalized spacial score (nSPS) is 10.9. The minimum absolute atomic E-state index is 0.0492. The average molecular weight is 447 g/mol. The molecule has 0 saturated carbocycles. The Labute approximate surface area is 187 Å². The van der Waals surface area contributed by atoms with Gasteiger partial charge in [-0.1, -0.05) is 36.4 Å². The van der Waals surface area contributed by atoms with Crippen LogP contribution < -0.4 is 17.1 Å². The van der Waals surface area contributed by atoms with Crippen LogP contribution in [0.1, 0.15) is 16.7 Å². The van der Waals surface area contributed by atoms with Crippen molar-refractivity contribution >= 4 is 0 Å². The Bertz CT molecular complexity index is 1240. The summed E-state index contributed by atoms with van der Waals surface area (Å²) in [7, 11) is 0. The lowest BCUT2D eigenvalue weighted by Crippen LogP contribution is -2.54. The molecule has 9 heteroatoms. The molecule has 0 aliphatic rings. The van der Waals surface area contributed by atoms with Crippen LogP contribution in [-0.2, 0) is 19.6 Å². The van der Waals surface area contributed by atoms with Crippen LogP contribution in [0.25, 0.3) is 0 Å². The Morgan fingerprint density at radius 2 is 0.636 bits per heavy atom. The van der Waals surface area contributed by atoms with Crippen LogP contribution in [0, 0.1) is 0 Å². The summed E-state index contributed by atoms with van der Waals surface area (Å²) < 4.78 is 2.90. The van der Waals surface area contributed by atoms with E-state index in [1.165, 1.54) is 36.4 Å². The van der Waals surface area contributed by atoms with Gasteiger partial charge >= 0.3 is 17.1 Å². The van der Waals surface area contributed by atoms with Crippen LogP contribution in [0.4, 0.5) is 0 Å². The number of aromatic hydroxyl groups is 3. The zero-order chi connectivity index (χ0) is 23.5. The molecule has 0 aliphatic heterocycles. The van der Waals surface area contributed by atoms with Gasteiger partial charge in [-0.15, -0.1) is 0 Å². The molecule has 0 fully saturated rings. The molecule has 3 aromatic carbocycles. The maximum absolute atomic E-state index is 13.2. The zero-order valence-corrected chi connectivity index (χ0v) is 17.5. The van der Waals surface area contributed by atoms with E-state index in [1.807, 2.05) is 0 Å². The highest BCUT2D eigenvalue weighted by Crippen LogP contribution is 2.12. The first-order valence-electron chi connectivity index (χ1n) is 10.1. The van der Waals surface area contributed by atoms with Crippen molar-refractivity contribution in [2.75, 3.05) is 0 Å². The van der Waals surface area contributed by atoms with Crippen molar-refractivity contribution in [2.24, 2.45) is 0 Å². The van der Waals surface area contributed by atoms with Crippen molar-refractivity contribution in [3.05, 3.63) is 121 Å². The van der Waals surface area contributed by atoms with Gasteiger partial charge in [-0.2, -0.15) is 0 Å². The highest BCUT2D eigenvalue weighted by Gasteiger charge is 2.17. The first-order chi connectivity index (χ1) is 15.8. The van der Waals surface area contributed by atoms with Gasteiger partial charge in [-0.3, -0.25) is 0 Å². The van der Waals surface area contributed by atoms with E-state index in [4.69, 9.17) is 0 Å². The molecule has 1 heterocycles. The summed E-state index contributed by atoms with van der Waals surface area (Å²) in [6, 6.07) is 18.2. The van der Waals surface area contributed by atoms with Gasteiger partial charge < -0.3 is 15.3 Å². The summed E-state index contributed by atoms with van der Waals surface area (Å²) >= 11 is 0. The first-order valence-corrected chi connectivity index (χ1v) is 10.1. The predicted octanol–water partition coefficient (Wildman–Crippen LogP) is 1.43. The van der Waals surface area contributed by atoms with Crippen LogP contribution >= 0.6 is 0 Å². The summed E-state index contributed by atoms with van der Waals surface area (Å²) in [5.41, 5.74) is -0.525. The predicted molar refractivity (Wildman–Crippen MR) is 121 cm³/mol. The average Bonchev–Trinajstić information content (AvgIpc) is 2.81. The van der Waals surface area contributed by atoms with Gasteiger partial charge in [0.25, 0.3) is 0 Å². The van der Waals surface area contributed by atoms with E-state index in [-0.39, 0.29) is 36.9 Å². The Morgan fingerprint density at radius 3 is 0.848 bits per heavy atom. The molecule has 0 amide bonds. The number of hydrogen-bond acceptors (Lipinski definition) is 6. The minimum Gasteiger partial charge on any atom is -0.508 e. The topological polar surface area (TPSA) is 127 Å². The number of benzene rings is 3. The van der Waals surface area contributed by atoms with E-state index in [9.17, 15) is 29.7 Å². The second-order valence-electron chi connectivity index (χ2n) is 7.61. The summed E-state index contributed by atoms with van der Waals surface area (Å²) in [5.74, 6) is 0.148. The molecule has 0 atom stereocenters. The molecule has 4 rings (SSSR count). The van der Waals surface area contributed by atoms with Crippen LogP contribution in [0.5, 0.6) is 17.2 Å². The second kappa shape index (κ2) is 8.91. The second-order valence-corrected chi connectivity index (χ2v) is 7.61. The number of phenolic OH excluding ortho intramolecular Hbond substituents is 3. The molecule has 0 aliphatic carbocycles. The molecule has 0 unspecified atom stereocenters. The lowest BCUT2D eigenvalue weighted by Gasteiger charge is -2.14. The van der Waals surface area contributed by atoms with E-state index in [1.54, 1.807) is 36.4 Å². The quantitative estimate of drug-likeness (QED) is 0.411. The number of hydrogen-bond donors (Lipinski definition) is 3. The molecule has 0 saturated heterocycles. The molecule has 3 N–H and O–H groups in total. The van der Waals surface area contributed by atoms with Crippen LogP contribution in [0.3, 0.4) is 0 Å². The van der Waals surface area contributed by atoms with Crippen LogP contribution in [0.15, 0.2) is 87.2 Å². The van der Waals surface area contributed by atoms with Gasteiger partial charge in [0.1, 0.15) is 17.2 Å². The molecule has 0 spiro atoms. The van der Waals surface area contributed by atoms with Crippen molar-refractivity contribution in [3.8, 4) is 17.2 Å². The smallest absolute Gasteiger partial charge is 0.336 e. The summed E-state index contributed by atoms with van der Waals surface area (Å²) in [4.78, 5) is 39.5. The van der Waals surface area contributed by atoms with Gasteiger partial charge in [0.2, 0.25) is 0 Å². The molecule has 4 aromatic rings. The van der Waals surface area contributed by atoms with E-state index >= 15 is 0 Å². The minimum atomic E-state index is -0.770. The van der Waals surface area contributed by atoms with Gasteiger partial charge in [0, 0.05) is 0 Å². The van der Waals surface area contributed by atoms with Crippen molar-refractivity contribution in [1.29, 1.82) is 0 Å².